The third-order valence-electron chi connectivity index (χ3n) is 3.00. The molecule has 1 N–H and O–H groups in total. The van der Waals surface area contributed by atoms with Gasteiger partial charge in [0.15, 0.2) is 0 Å². The first-order valence-electron chi connectivity index (χ1n) is 6.36. The molecule has 2 aromatic carbocycles. The van der Waals surface area contributed by atoms with Crippen molar-refractivity contribution >= 4 is 10.0 Å². The number of hydrogen-bond acceptors (Lipinski definition) is 2. The summed E-state index contributed by atoms with van der Waals surface area (Å²) in [6.45, 7) is 1.68. The molecule has 3 nitrogen and oxygen atoms in total. The van der Waals surface area contributed by atoms with Gasteiger partial charge in [0.25, 0.3) is 0 Å². The molecular weight excluding hydrogens is 296 g/mol. The van der Waals surface area contributed by atoms with E-state index in [9.17, 15) is 17.2 Å². The molecule has 1 unspecified atom stereocenters. The molecule has 2 rings (SSSR count). The summed E-state index contributed by atoms with van der Waals surface area (Å²) in [7, 11) is -3.57. The van der Waals surface area contributed by atoms with E-state index in [0.717, 1.165) is 0 Å². The van der Waals surface area contributed by atoms with Gasteiger partial charge in [-0.1, -0.05) is 24.3 Å². The van der Waals surface area contributed by atoms with Gasteiger partial charge in [0, 0.05) is 6.04 Å². The van der Waals surface area contributed by atoms with Crippen LogP contribution in [-0.2, 0) is 15.8 Å². The monoisotopic (exact) mass is 311 g/mol. The van der Waals surface area contributed by atoms with E-state index in [1.807, 2.05) is 0 Å². The molecule has 0 saturated carbocycles. The van der Waals surface area contributed by atoms with E-state index in [4.69, 9.17) is 0 Å². The average molecular weight is 311 g/mol. The van der Waals surface area contributed by atoms with Crippen LogP contribution in [0.5, 0.6) is 0 Å². The lowest BCUT2D eigenvalue weighted by atomic mass is 10.1. The highest BCUT2D eigenvalue weighted by Crippen LogP contribution is 2.15. The molecule has 0 radical (unpaired) electrons. The Balaban J connectivity index is 2.06. The van der Waals surface area contributed by atoms with Crippen molar-refractivity contribution in [3.63, 3.8) is 0 Å². The Kier molecular flexibility index (Phi) is 4.69. The van der Waals surface area contributed by atoms with E-state index in [2.05, 4.69) is 4.72 Å². The van der Waals surface area contributed by atoms with Gasteiger partial charge in [0.1, 0.15) is 11.6 Å². The Morgan fingerprint density at radius 1 is 0.952 bits per heavy atom. The summed E-state index contributed by atoms with van der Waals surface area (Å²) in [5, 5.41) is 0. The molecule has 0 amide bonds. The summed E-state index contributed by atoms with van der Waals surface area (Å²) in [4.78, 5) is 0. The number of rotatable bonds is 5. The number of hydrogen-bond donors (Lipinski definition) is 1. The second-order valence-corrected chi connectivity index (χ2v) is 6.53. The molecule has 0 aliphatic carbocycles. The van der Waals surface area contributed by atoms with Crippen molar-refractivity contribution < 1.29 is 17.2 Å². The lowest BCUT2D eigenvalue weighted by Gasteiger charge is -2.14. The number of nitrogens with one attached hydrogen (secondary N) is 1. The van der Waals surface area contributed by atoms with Crippen LogP contribution in [0.3, 0.4) is 0 Å². The van der Waals surface area contributed by atoms with Crippen LogP contribution in [0.2, 0.25) is 0 Å². The van der Waals surface area contributed by atoms with Gasteiger partial charge < -0.3 is 0 Å². The first-order valence-corrected chi connectivity index (χ1v) is 8.01. The van der Waals surface area contributed by atoms with Crippen LogP contribution in [0.4, 0.5) is 8.78 Å². The molecule has 112 valence electrons. The molecule has 0 aliphatic rings. The average Bonchev–Trinajstić information content (AvgIpc) is 2.41. The van der Waals surface area contributed by atoms with Gasteiger partial charge in [-0.15, -0.1) is 0 Å². The zero-order valence-electron chi connectivity index (χ0n) is 11.4. The van der Waals surface area contributed by atoms with Crippen LogP contribution in [-0.4, -0.2) is 8.42 Å². The fourth-order valence-electron chi connectivity index (χ4n) is 1.93. The fraction of sp³-hybridized carbons (Fsp3) is 0.200. The Labute approximate surface area is 122 Å². The van der Waals surface area contributed by atoms with Gasteiger partial charge in [-0.05, 0) is 42.3 Å². The predicted octanol–water partition coefficient (Wildman–Crippen LogP) is 3.15. The normalized spacial score (nSPS) is 13.1. The fourth-order valence-corrected chi connectivity index (χ4v) is 3.32. The molecule has 0 spiro atoms. The Morgan fingerprint density at radius 3 is 1.95 bits per heavy atom. The van der Waals surface area contributed by atoms with Crippen molar-refractivity contribution in [3.05, 3.63) is 71.3 Å². The summed E-state index contributed by atoms with van der Waals surface area (Å²) >= 11 is 0. The smallest absolute Gasteiger partial charge is 0.212 e. The molecule has 0 saturated heterocycles. The second-order valence-electron chi connectivity index (χ2n) is 4.78. The van der Waals surface area contributed by atoms with Crippen molar-refractivity contribution in [1.29, 1.82) is 0 Å². The van der Waals surface area contributed by atoms with Crippen LogP contribution in [0.25, 0.3) is 0 Å². The lowest BCUT2D eigenvalue weighted by Crippen LogP contribution is -2.28. The molecule has 2 aromatic rings. The molecule has 1 atom stereocenters. The van der Waals surface area contributed by atoms with Crippen LogP contribution < -0.4 is 4.72 Å². The van der Waals surface area contributed by atoms with Crippen LogP contribution in [0, 0.1) is 11.6 Å². The SMILES string of the molecule is CC(NS(=O)(=O)Cc1ccc(F)cc1)c1ccc(F)cc1. The predicted molar refractivity (Wildman–Crippen MR) is 77.0 cm³/mol. The zero-order chi connectivity index (χ0) is 15.5. The van der Waals surface area contributed by atoms with E-state index in [0.29, 0.717) is 11.1 Å². The zero-order valence-corrected chi connectivity index (χ0v) is 12.2. The van der Waals surface area contributed by atoms with Crippen LogP contribution >= 0.6 is 0 Å². The van der Waals surface area contributed by atoms with E-state index in [1.54, 1.807) is 6.92 Å². The summed E-state index contributed by atoms with van der Waals surface area (Å²) in [6.07, 6.45) is 0. The van der Waals surface area contributed by atoms with Crippen molar-refractivity contribution in [3.8, 4) is 0 Å². The van der Waals surface area contributed by atoms with Crippen LogP contribution in [0.1, 0.15) is 24.1 Å². The first-order chi connectivity index (χ1) is 9.85. The maximum atomic E-state index is 12.8. The van der Waals surface area contributed by atoms with Gasteiger partial charge >= 0.3 is 0 Å². The number of halogens is 2. The highest BCUT2D eigenvalue weighted by Gasteiger charge is 2.16. The molecule has 0 aromatic heterocycles. The molecule has 6 heteroatoms. The van der Waals surface area contributed by atoms with Crippen molar-refractivity contribution in [2.24, 2.45) is 0 Å². The Morgan fingerprint density at radius 2 is 1.43 bits per heavy atom. The Bertz CT molecular complexity index is 697. The maximum absolute atomic E-state index is 12.8. The molecule has 0 aliphatic heterocycles. The third kappa shape index (κ3) is 4.61. The minimum atomic E-state index is -3.57. The summed E-state index contributed by atoms with van der Waals surface area (Å²) in [6, 6.07) is 10.4. The van der Waals surface area contributed by atoms with E-state index >= 15 is 0 Å². The highest BCUT2D eigenvalue weighted by molar-refractivity contribution is 7.88. The largest absolute Gasteiger partial charge is 0.216 e. The minimum Gasteiger partial charge on any atom is -0.212 e. The first kappa shape index (κ1) is 15.6. The topological polar surface area (TPSA) is 46.2 Å². The van der Waals surface area contributed by atoms with Gasteiger partial charge in [-0.25, -0.2) is 21.9 Å². The molecule has 21 heavy (non-hydrogen) atoms. The Hall–Kier alpha value is -1.79. The van der Waals surface area contributed by atoms with E-state index in [1.165, 1.54) is 48.5 Å². The highest BCUT2D eigenvalue weighted by atomic mass is 32.2. The number of benzene rings is 2. The van der Waals surface area contributed by atoms with Crippen molar-refractivity contribution in [2.45, 2.75) is 18.7 Å². The maximum Gasteiger partial charge on any atom is 0.216 e. The standard InChI is InChI=1S/C15H15F2NO2S/c1-11(13-4-8-15(17)9-5-13)18-21(19,20)10-12-2-6-14(16)7-3-12/h2-9,11,18H,10H2,1H3. The van der Waals surface area contributed by atoms with Crippen molar-refractivity contribution in [2.75, 3.05) is 0 Å². The third-order valence-corrected chi connectivity index (χ3v) is 4.42. The number of sulfonamides is 1. The van der Waals surface area contributed by atoms with Gasteiger partial charge in [-0.2, -0.15) is 0 Å². The summed E-state index contributed by atoms with van der Waals surface area (Å²) in [5.74, 6) is -1.03. The summed E-state index contributed by atoms with van der Waals surface area (Å²) in [5.41, 5.74) is 1.16. The van der Waals surface area contributed by atoms with E-state index < -0.39 is 21.9 Å². The van der Waals surface area contributed by atoms with Gasteiger partial charge in [-0.3, -0.25) is 0 Å². The van der Waals surface area contributed by atoms with E-state index in [-0.39, 0.29) is 11.6 Å². The van der Waals surface area contributed by atoms with Crippen molar-refractivity contribution in [1.82, 2.24) is 4.72 Å². The molecule has 0 heterocycles. The minimum absolute atomic E-state index is 0.237. The molecule has 0 bridgehead atoms. The van der Waals surface area contributed by atoms with Gasteiger partial charge in [0.2, 0.25) is 10.0 Å². The lowest BCUT2D eigenvalue weighted by molar-refractivity contribution is 0.565. The summed E-state index contributed by atoms with van der Waals surface area (Å²) < 4.78 is 52.3. The second kappa shape index (κ2) is 6.32. The quantitative estimate of drug-likeness (QED) is 0.922. The van der Waals surface area contributed by atoms with Gasteiger partial charge in [0.05, 0.1) is 5.75 Å². The van der Waals surface area contributed by atoms with Crippen LogP contribution in [0.15, 0.2) is 48.5 Å². The molecule has 0 fully saturated rings. The molecular formula is C15H15F2NO2S.